The van der Waals surface area contributed by atoms with E-state index < -0.39 is 30.0 Å². The van der Waals surface area contributed by atoms with E-state index in [0.717, 1.165) is 10.0 Å². The Morgan fingerprint density at radius 3 is 2.20 bits per heavy atom. The van der Waals surface area contributed by atoms with Crippen molar-refractivity contribution < 1.29 is 41.0 Å². The summed E-state index contributed by atoms with van der Waals surface area (Å²) in [7, 11) is 0. The van der Waals surface area contributed by atoms with Crippen LogP contribution in [-0.2, 0) is 9.59 Å². The van der Waals surface area contributed by atoms with Crippen LogP contribution in [-0.4, -0.2) is 41.5 Å². The van der Waals surface area contributed by atoms with Gasteiger partial charge in [-0.3, -0.25) is 4.79 Å². The topological polar surface area (TPSA) is 117 Å². The number of nitrogens with zero attached hydrogens (tertiary/aromatic N) is 2. The van der Waals surface area contributed by atoms with Crippen molar-refractivity contribution in [3.8, 4) is 0 Å². The van der Waals surface area contributed by atoms with Crippen LogP contribution >= 0.6 is 15.9 Å². The third-order valence-corrected chi connectivity index (χ3v) is 4.24. The van der Waals surface area contributed by atoms with Gasteiger partial charge in [-0.2, -0.15) is 26.3 Å². The molecule has 7 nitrogen and oxygen atoms in total. The standard InChI is InChI=1S/C14H16BrF3N4O.C2HF3O2/c15-10-4-1-3-9(7-10)11(19)8-12(23)20-6-2-5-13(21-22-13)14(16,17)18;3-2(4,5)1(6)7/h1,3-4,7,11H,2,5-6,8,19H2,(H,20,23);(H,6,7)/t11-;/m1./s1. The number of rotatable bonds is 7. The number of carbonyl (C=O) groups excluding carboxylic acids is 1. The van der Waals surface area contributed by atoms with E-state index in [2.05, 4.69) is 31.5 Å². The molecule has 0 aromatic heterocycles. The van der Waals surface area contributed by atoms with Crippen LogP contribution in [0.2, 0.25) is 0 Å². The zero-order valence-corrected chi connectivity index (χ0v) is 16.7. The van der Waals surface area contributed by atoms with Crippen molar-refractivity contribution in [3.05, 3.63) is 34.3 Å². The number of hydrogen-bond acceptors (Lipinski definition) is 5. The van der Waals surface area contributed by atoms with Gasteiger partial charge in [-0.1, -0.05) is 28.1 Å². The lowest BCUT2D eigenvalue weighted by Gasteiger charge is -2.15. The van der Waals surface area contributed by atoms with Gasteiger partial charge in [-0.25, -0.2) is 4.79 Å². The normalized spacial score (nSPS) is 15.6. The second kappa shape index (κ2) is 10.2. The van der Waals surface area contributed by atoms with E-state index in [9.17, 15) is 31.1 Å². The molecule has 0 saturated heterocycles. The quantitative estimate of drug-likeness (QED) is 0.381. The van der Waals surface area contributed by atoms with Crippen molar-refractivity contribution >= 4 is 27.8 Å². The van der Waals surface area contributed by atoms with Crippen LogP contribution in [0.25, 0.3) is 0 Å². The maximum Gasteiger partial charge on any atom is 0.490 e. The van der Waals surface area contributed by atoms with Crippen LogP contribution in [0.5, 0.6) is 0 Å². The van der Waals surface area contributed by atoms with Gasteiger partial charge >= 0.3 is 18.3 Å². The van der Waals surface area contributed by atoms with Crippen LogP contribution < -0.4 is 11.1 Å². The zero-order chi connectivity index (χ0) is 23.2. The molecule has 2 rings (SSSR count). The first-order valence-electron chi connectivity index (χ1n) is 8.26. The molecule has 30 heavy (non-hydrogen) atoms. The molecule has 1 aromatic carbocycles. The number of aliphatic carboxylic acids is 1. The van der Waals surface area contributed by atoms with E-state index in [1.54, 1.807) is 0 Å². The SMILES string of the molecule is N[C@H](CC(=O)NCCCC1(C(F)(F)F)N=N1)c1cccc(Br)c1.O=C(O)C(F)(F)F. The fourth-order valence-corrected chi connectivity index (χ4v) is 2.52. The van der Waals surface area contributed by atoms with Crippen LogP contribution in [0.15, 0.2) is 39.0 Å². The molecule has 0 unspecified atom stereocenters. The Morgan fingerprint density at radius 2 is 1.77 bits per heavy atom. The van der Waals surface area contributed by atoms with Crippen molar-refractivity contribution in [3.63, 3.8) is 0 Å². The van der Waals surface area contributed by atoms with Crippen molar-refractivity contribution in [1.82, 2.24) is 5.32 Å². The number of nitrogens with one attached hydrogen (secondary N) is 1. The minimum absolute atomic E-state index is 0.0651. The van der Waals surface area contributed by atoms with Crippen molar-refractivity contribution in [2.24, 2.45) is 16.0 Å². The summed E-state index contributed by atoms with van der Waals surface area (Å²) in [5, 5.41) is 15.9. The van der Waals surface area contributed by atoms with Crippen molar-refractivity contribution in [1.29, 1.82) is 0 Å². The summed E-state index contributed by atoms with van der Waals surface area (Å²) in [6.07, 6.45) is -9.59. The lowest BCUT2D eigenvalue weighted by molar-refractivity contribution is -0.192. The van der Waals surface area contributed by atoms with Crippen LogP contribution in [0, 0.1) is 0 Å². The fraction of sp³-hybridized carbons (Fsp3) is 0.500. The number of hydrogen-bond donors (Lipinski definition) is 3. The van der Waals surface area contributed by atoms with Crippen LogP contribution in [0.4, 0.5) is 26.3 Å². The molecule has 0 bridgehead atoms. The molecule has 1 amide bonds. The van der Waals surface area contributed by atoms with Gasteiger partial charge < -0.3 is 16.2 Å². The Balaban J connectivity index is 0.000000553. The molecule has 14 heteroatoms. The number of amides is 1. The molecular weight excluding hydrogens is 490 g/mol. The van der Waals surface area contributed by atoms with Gasteiger partial charge in [-0.05, 0) is 24.1 Å². The van der Waals surface area contributed by atoms with Gasteiger partial charge in [0.05, 0.1) is 0 Å². The van der Waals surface area contributed by atoms with Crippen LogP contribution in [0.1, 0.15) is 30.9 Å². The van der Waals surface area contributed by atoms with E-state index in [0.29, 0.717) is 0 Å². The molecule has 0 fully saturated rings. The number of carboxylic acids is 1. The smallest absolute Gasteiger partial charge is 0.475 e. The minimum atomic E-state index is -5.08. The van der Waals surface area contributed by atoms with E-state index in [-0.39, 0.29) is 31.7 Å². The van der Waals surface area contributed by atoms with E-state index in [1.807, 2.05) is 24.3 Å². The molecule has 0 saturated carbocycles. The number of benzene rings is 1. The molecule has 0 spiro atoms. The summed E-state index contributed by atoms with van der Waals surface area (Å²) in [5.74, 6) is -3.06. The largest absolute Gasteiger partial charge is 0.490 e. The van der Waals surface area contributed by atoms with Gasteiger partial charge in [0.2, 0.25) is 5.91 Å². The highest BCUT2D eigenvalue weighted by Gasteiger charge is 2.63. The maximum atomic E-state index is 12.6. The average Bonchev–Trinajstić information content (AvgIpc) is 3.39. The second-order valence-electron chi connectivity index (χ2n) is 6.14. The second-order valence-corrected chi connectivity index (χ2v) is 7.05. The van der Waals surface area contributed by atoms with Gasteiger partial charge in [-0.15, -0.1) is 10.2 Å². The first-order chi connectivity index (χ1) is 13.7. The lowest BCUT2D eigenvalue weighted by Crippen LogP contribution is -2.34. The Labute approximate surface area is 174 Å². The number of halogens is 7. The summed E-state index contributed by atoms with van der Waals surface area (Å²) < 4.78 is 70.3. The first-order valence-corrected chi connectivity index (χ1v) is 9.06. The van der Waals surface area contributed by atoms with Gasteiger partial charge in [0.25, 0.3) is 5.66 Å². The fourth-order valence-electron chi connectivity index (χ4n) is 2.11. The predicted octanol–water partition coefficient (Wildman–Crippen LogP) is 4.09. The highest BCUT2D eigenvalue weighted by atomic mass is 79.9. The van der Waals surface area contributed by atoms with Gasteiger partial charge in [0, 0.05) is 29.9 Å². The molecule has 1 aliphatic rings. The summed E-state index contributed by atoms with van der Waals surface area (Å²) in [6.45, 7) is 0.132. The minimum Gasteiger partial charge on any atom is -0.475 e. The third-order valence-electron chi connectivity index (χ3n) is 3.74. The first kappa shape index (κ1) is 25.8. The zero-order valence-electron chi connectivity index (χ0n) is 15.1. The summed E-state index contributed by atoms with van der Waals surface area (Å²) in [6, 6.07) is 6.83. The number of nitrogens with two attached hydrogens (primary N) is 1. The van der Waals surface area contributed by atoms with E-state index in [4.69, 9.17) is 15.6 Å². The van der Waals surface area contributed by atoms with Gasteiger partial charge in [0.1, 0.15) is 0 Å². The summed E-state index contributed by atoms with van der Waals surface area (Å²) >= 11 is 3.32. The molecule has 1 aromatic rings. The number of alkyl halides is 6. The number of carboxylic acid groups (broad SMARTS) is 1. The molecule has 1 atom stereocenters. The predicted molar refractivity (Wildman–Crippen MR) is 95.3 cm³/mol. The third kappa shape index (κ3) is 8.26. The molecule has 4 N–H and O–H groups in total. The lowest BCUT2D eigenvalue weighted by atomic mass is 10.0. The maximum absolute atomic E-state index is 12.6. The average molecular weight is 507 g/mol. The Kier molecular flexibility index (Phi) is 8.77. The van der Waals surface area contributed by atoms with Crippen molar-refractivity contribution in [2.75, 3.05) is 6.54 Å². The summed E-state index contributed by atoms with van der Waals surface area (Å²) in [5.41, 5.74) is 4.51. The van der Waals surface area contributed by atoms with Crippen molar-refractivity contribution in [2.45, 2.75) is 43.3 Å². The molecule has 1 heterocycles. The molecule has 0 radical (unpaired) electrons. The Hall–Kier alpha value is -2.22. The number of carbonyl (C=O) groups is 2. The molecule has 0 aliphatic carbocycles. The van der Waals surface area contributed by atoms with Gasteiger partial charge in [0.15, 0.2) is 0 Å². The highest BCUT2D eigenvalue weighted by Crippen LogP contribution is 2.47. The molecular formula is C16H17BrF6N4O3. The monoisotopic (exact) mass is 506 g/mol. The molecule has 1 aliphatic heterocycles. The highest BCUT2D eigenvalue weighted by molar-refractivity contribution is 9.10. The van der Waals surface area contributed by atoms with E-state index in [1.165, 1.54) is 0 Å². The van der Waals surface area contributed by atoms with Crippen LogP contribution in [0.3, 0.4) is 0 Å². The van der Waals surface area contributed by atoms with E-state index >= 15 is 0 Å². The summed E-state index contributed by atoms with van der Waals surface area (Å²) in [4.78, 5) is 20.7. The molecule has 168 valence electrons. The Bertz CT molecular complexity index is 779. The Morgan fingerprint density at radius 1 is 1.20 bits per heavy atom.